The molecule has 1 aromatic carbocycles. The molecule has 0 saturated carbocycles. The van der Waals surface area contributed by atoms with Crippen LogP contribution in [0.1, 0.15) is 0 Å². The van der Waals surface area contributed by atoms with Gasteiger partial charge in [-0.2, -0.15) is 0 Å². The lowest BCUT2D eigenvalue weighted by molar-refractivity contribution is 0.631. The van der Waals surface area contributed by atoms with Crippen molar-refractivity contribution in [3.05, 3.63) is 59.0 Å². The van der Waals surface area contributed by atoms with E-state index in [1.807, 2.05) is 12.1 Å². The molecular weight excluding hydrogens is 285 g/mol. The van der Waals surface area contributed by atoms with Crippen LogP contribution in [0.3, 0.4) is 0 Å². The quantitative estimate of drug-likeness (QED) is 0.537. The molecule has 0 fully saturated rings. The lowest BCUT2D eigenvalue weighted by atomic mass is 10.1. The van der Waals surface area contributed by atoms with Crippen molar-refractivity contribution in [3.63, 3.8) is 0 Å². The molecule has 3 heterocycles. The minimum absolute atomic E-state index is 0.219. The Labute approximate surface area is 123 Å². The number of fused-ring (bicyclic) bond motifs is 2. The third kappa shape index (κ3) is 1.79. The maximum absolute atomic E-state index is 14.4. The second kappa shape index (κ2) is 4.45. The largest absolute Gasteiger partial charge is 0.302 e. The fourth-order valence-corrected chi connectivity index (χ4v) is 2.35. The van der Waals surface area contributed by atoms with Crippen LogP contribution in [-0.2, 0) is 7.05 Å². The average Bonchev–Trinajstić information content (AvgIpc) is 2.95. The Morgan fingerprint density at radius 2 is 2.09 bits per heavy atom. The topological polar surface area (TPSA) is 65.1 Å². The van der Waals surface area contributed by atoms with Gasteiger partial charge in [-0.25, -0.2) is 18.9 Å². The zero-order valence-electron chi connectivity index (χ0n) is 11.6. The van der Waals surface area contributed by atoms with E-state index in [1.54, 1.807) is 23.8 Å². The molecule has 4 aromatic rings. The molecule has 6 nitrogen and oxygen atoms in total. The van der Waals surface area contributed by atoms with Gasteiger partial charge in [0.15, 0.2) is 11.5 Å². The van der Waals surface area contributed by atoms with E-state index in [0.717, 1.165) is 0 Å². The number of pyridine rings is 1. The number of hydrogen-bond acceptors (Lipinski definition) is 4. The van der Waals surface area contributed by atoms with Crippen LogP contribution in [0.5, 0.6) is 0 Å². The van der Waals surface area contributed by atoms with Gasteiger partial charge in [0.05, 0.1) is 22.8 Å². The Kier molecular flexibility index (Phi) is 2.56. The molecule has 4 rings (SSSR count). The summed E-state index contributed by atoms with van der Waals surface area (Å²) in [5.74, 6) is -0.290. The number of nitrogens with zero attached hydrogens (tertiary/aromatic N) is 5. The SMILES string of the molecule is Cn1cnc2cc(-c3nc4ccccn4n3)c(F)cc2c1=O. The highest BCUT2D eigenvalue weighted by atomic mass is 19.1. The lowest BCUT2D eigenvalue weighted by Gasteiger charge is -2.03. The Morgan fingerprint density at radius 3 is 2.91 bits per heavy atom. The van der Waals surface area contributed by atoms with Crippen molar-refractivity contribution < 1.29 is 4.39 Å². The summed E-state index contributed by atoms with van der Waals surface area (Å²) in [7, 11) is 1.57. The summed E-state index contributed by atoms with van der Waals surface area (Å²) in [4.78, 5) is 20.4. The van der Waals surface area contributed by atoms with Crippen molar-refractivity contribution in [1.29, 1.82) is 0 Å². The lowest BCUT2D eigenvalue weighted by Crippen LogP contribution is -2.17. The van der Waals surface area contributed by atoms with Crippen molar-refractivity contribution in [2.45, 2.75) is 0 Å². The minimum Gasteiger partial charge on any atom is -0.302 e. The summed E-state index contributed by atoms with van der Waals surface area (Å²) < 4.78 is 17.3. The number of rotatable bonds is 1. The molecule has 0 atom stereocenters. The van der Waals surface area contributed by atoms with Crippen LogP contribution in [0.25, 0.3) is 27.9 Å². The number of hydrogen-bond donors (Lipinski definition) is 0. The summed E-state index contributed by atoms with van der Waals surface area (Å²) in [5.41, 5.74) is 0.961. The van der Waals surface area contributed by atoms with Crippen molar-refractivity contribution in [2.24, 2.45) is 7.05 Å². The summed E-state index contributed by atoms with van der Waals surface area (Å²) in [6.45, 7) is 0. The summed E-state index contributed by atoms with van der Waals surface area (Å²) in [6, 6.07) is 8.11. The van der Waals surface area contributed by atoms with Crippen molar-refractivity contribution in [2.75, 3.05) is 0 Å². The smallest absolute Gasteiger partial charge is 0.261 e. The van der Waals surface area contributed by atoms with Crippen LogP contribution in [0.15, 0.2) is 47.7 Å². The van der Waals surface area contributed by atoms with Crippen LogP contribution in [0.2, 0.25) is 0 Å². The molecule has 0 saturated heterocycles. The van der Waals surface area contributed by atoms with Gasteiger partial charge in [-0.15, -0.1) is 5.10 Å². The van der Waals surface area contributed by atoms with E-state index in [4.69, 9.17) is 0 Å². The first-order valence-corrected chi connectivity index (χ1v) is 6.60. The fourth-order valence-electron chi connectivity index (χ4n) is 2.35. The number of benzene rings is 1. The van der Waals surface area contributed by atoms with Crippen molar-refractivity contribution in [3.8, 4) is 11.4 Å². The monoisotopic (exact) mass is 295 g/mol. The van der Waals surface area contributed by atoms with Gasteiger partial charge in [-0.3, -0.25) is 4.79 Å². The molecule has 108 valence electrons. The molecule has 0 aliphatic heterocycles. The number of halogens is 1. The zero-order chi connectivity index (χ0) is 15.3. The summed E-state index contributed by atoms with van der Waals surface area (Å²) in [6.07, 6.45) is 3.14. The van der Waals surface area contributed by atoms with E-state index in [0.29, 0.717) is 11.2 Å². The number of aryl methyl sites for hydroxylation is 1. The van der Waals surface area contributed by atoms with Gasteiger partial charge in [0.2, 0.25) is 0 Å². The van der Waals surface area contributed by atoms with Gasteiger partial charge in [-0.1, -0.05) is 6.07 Å². The van der Waals surface area contributed by atoms with Gasteiger partial charge < -0.3 is 4.57 Å². The Balaban J connectivity index is 2.00. The van der Waals surface area contributed by atoms with Crippen molar-refractivity contribution in [1.82, 2.24) is 24.1 Å². The maximum atomic E-state index is 14.4. The predicted molar refractivity (Wildman–Crippen MR) is 78.9 cm³/mol. The molecule has 0 aliphatic carbocycles. The third-order valence-corrected chi connectivity index (χ3v) is 3.49. The van der Waals surface area contributed by atoms with Gasteiger partial charge in [0.25, 0.3) is 5.56 Å². The van der Waals surface area contributed by atoms with E-state index in [-0.39, 0.29) is 22.3 Å². The highest BCUT2D eigenvalue weighted by Crippen LogP contribution is 2.23. The predicted octanol–water partition coefficient (Wildman–Crippen LogP) is 1.78. The van der Waals surface area contributed by atoms with Gasteiger partial charge in [-0.05, 0) is 24.3 Å². The van der Waals surface area contributed by atoms with E-state index < -0.39 is 5.82 Å². The van der Waals surface area contributed by atoms with Crippen LogP contribution in [0, 0.1) is 5.82 Å². The minimum atomic E-state index is -0.548. The normalized spacial score (nSPS) is 11.4. The molecule has 0 unspecified atom stereocenters. The van der Waals surface area contributed by atoms with Gasteiger partial charge in [0, 0.05) is 13.2 Å². The molecule has 22 heavy (non-hydrogen) atoms. The molecule has 7 heteroatoms. The fraction of sp³-hybridized carbons (Fsp3) is 0.0667. The zero-order valence-corrected chi connectivity index (χ0v) is 11.6. The molecule has 0 bridgehead atoms. The van der Waals surface area contributed by atoms with Crippen molar-refractivity contribution >= 4 is 16.6 Å². The first kappa shape index (κ1) is 12.6. The molecule has 0 aliphatic rings. The second-order valence-corrected chi connectivity index (χ2v) is 4.95. The van der Waals surface area contributed by atoms with E-state index in [2.05, 4.69) is 15.1 Å². The van der Waals surface area contributed by atoms with Gasteiger partial charge in [0.1, 0.15) is 5.82 Å². The summed E-state index contributed by atoms with van der Waals surface area (Å²) in [5, 5.41) is 4.48. The van der Waals surface area contributed by atoms with Crippen LogP contribution >= 0.6 is 0 Å². The molecule has 0 radical (unpaired) electrons. The molecule has 0 spiro atoms. The molecular formula is C15H10FN5O. The van der Waals surface area contributed by atoms with E-state index >= 15 is 0 Å². The maximum Gasteiger partial charge on any atom is 0.261 e. The Morgan fingerprint density at radius 1 is 1.23 bits per heavy atom. The highest BCUT2D eigenvalue weighted by molar-refractivity contribution is 5.82. The van der Waals surface area contributed by atoms with Crippen LogP contribution < -0.4 is 5.56 Å². The molecule has 0 N–H and O–H groups in total. The third-order valence-electron chi connectivity index (χ3n) is 3.49. The first-order chi connectivity index (χ1) is 10.6. The van der Waals surface area contributed by atoms with Crippen LogP contribution in [0.4, 0.5) is 4.39 Å². The summed E-state index contributed by atoms with van der Waals surface area (Å²) >= 11 is 0. The highest BCUT2D eigenvalue weighted by Gasteiger charge is 2.14. The Hall–Kier alpha value is -3.09. The Bertz CT molecular complexity index is 1050. The molecule has 3 aromatic heterocycles. The van der Waals surface area contributed by atoms with E-state index in [1.165, 1.54) is 23.0 Å². The number of aromatic nitrogens is 5. The van der Waals surface area contributed by atoms with Crippen LogP contribution in [-0.4, -0.2) is 24.1 Å². The second-order valence-electron chi connectivity index (χ2n) is 4.95. The standard InChI is InChI=1S/C15H10FN5O/c1-20-8-17-12-7-9(11(16)6-10(12)15(20)22)14-18-13-4-2-3-5-21(13)19-14/h2-8H,1H3. The molecule has 0 amide bonds. The average molecular weight is 295 g/mol. The first-order valence-electron chi connectivity index (χ1n) is 6.60. The van der Waals surface area contributed by atoms with E-state index in [9.17, 15) is 9.18 Å². The van der Waals surface area contributed by atoms with Gasteiger partial charge >= 0.3 is 0 Å².